The van der Waals surface area contributed by atoms with Crippen LogP contribution in [0.2, 0.25) is 0 Å². The lowest BCUT2D eigenvalue weighted by molar-refractivity contribution is -0.122. The Balaban J connectivity index is 2.40. The van der Waals surface area contributed by atoms with E-state index in [1.54, 1.807) is 19.1 Å². The zero-order chi connectivity index (χ0) is 14.3. The van der Waals surface area contributed by atoms with Crippen LogP contribution in [0.1, 0.15) is 13.8 Å². The number of nitrogens with one attached hydrogen (secondary N) is 3. The van der Waals surface area contributed by atoms with E-state index in [9.17, 15) is 14.0 Å². The van der Waals surface area contributed by atoms with Gasteiger partial charge in [0.15, 0.2) is 0 Å². The Morgan fingerprint density at radius 2 is 2.00 bits per heavy atom. The summed E-state index contributed by atoms with van der Waals surface area (Å²) in [6.07, 6.45) is 0. The third-order valence-corrected chi connectivity index (χ3v) is 2.46. The summed E-state index contributed by atoms with van der Waals surface area (Å²) >= 11 is 0. The van der Waals surface area contributed by atoms with Crippen molar-refractivity contribution in [3.05, 3.63) is 30.1 Å². The van der Waals surface area contributed by atoms with Crippen molar-refractivity contribution in [2.45, 2.75) is 19.9 Å². The number of carbonyl (C=O) groups is 2. The highest BCUT2D eigenvalue weighted by Crippen LogP contribution is 2.11. The van der Waals surface area contributed by atoms with Gasteiger partial charge in [-0.15, -0.1) is 0 Å². The minimum atomic E-state index is -0.493. The van der Waals surface area contributed by atoms with E-state index in [1.165, 1.54) is 12.1 Å². The zero-order valence-electron chi connectivity index (χ0n) is 11.0. The molecule has 19 heavy (non-hydrogen) atoms. The van der Waals surface area contributed by atoms with E-state index in [-0.39, 0.29) is 18.1 Å². The van der Waals surface area contributed by atoms with Gasteiger partial charge in [-0.3, -0.25) is 14.9 Å². The molecule has 1 aromatic carbocycles. The maximum Gasteiger partial charge on any atom is 0.238 e. The molecule has 3 N–H and O–H groups in total. The summed E-state index contributed by atoms with van der Waals surface area (Å²) in [6.45, 7) is 3.94. The van der Waals surface area contributed by atoms with E-state index in [2.05, 4.69) is 16.0 Å². The molecule has 1 unspecified atom stereocenters. The summed E-state index contributed by atoms with van der Waals surface area (Å²) in [5.41, 5.74) is 0.125. The Kier molecular flexibility index (Phi) is 5.95. The predicted molar refractivity (Wildman–Crippen MR) is 71.2 cm³/mol. The van der Waals surface area contributed by atoms with Crippen molar-refractivity contribution in [2.24, 2.45) is 0 Å². The number of hydrogen-bond donors (Lipinski definition) is 3. The van der Waals surface area contributed by atoms with Crippen molar-refractivity contribution < 1.29 is 14.0 Å². The molecule has 5 nitrogen and oxygen atoms in total. The number of amides is 2. The van der Waals surface area contributed by atoms with Crippen LogP contribution in [0.3, 0.4) is 0 Å². The summed E-state index contributed by atoms with van der Waals surface area (Å²) in [4.78, 5) is 23.0. The lowest BCUT2D eigenvalue weighted by Crippen LogP contribution is -2.44. The number of benzene rings is 1. The minimum Gasteiger partial charge on any atom is -0.355 e. The average molecular weight is 267 g/mol. The molecule has 2 amide bonds. The van der Waals surface area contributed by atoms with Crippen molar-refractivity contribution in [2.75, 3.05) is 18.4 Å². The van der Waals surface area contributed by atoms with Crippen LogP contribution in [-0.4, -0.2) is 30.9 Å². The van der Waals surface area contributed by atoms with Crippen molar-refractivity contribution in [1.29, 1.82) is 0 Å². The molecule has 0 aromatic heterocycles. The molecule has 0 saturated heterocycles. The molecule has 0 saturated carbocycles. The maximum absolute atomic E-state index is 13.3. The molecule has 0 aliphatic heterocycles. The molecule has 0 aliphatic rings. The number of carbonyl (C=O) groups excluding carboxylic acids is 2. The van der Waals surface area contributed by atoms with Crippen LogP contribution < -0.4 is 16.0 Å². The second-order valence-electron chi connectivity index (χ2n) is 4.03. The normalized spacial score (nSPS) is 11.7. The highest BCUT2D eigenvalue weighted by atomic mass is 19.1. The topological polar surface area (TPSA) is 70.2 Å². The first-order valence-corrected chi connectivity index (χ1v) is 6.10. The molecule has 0 heterocycles. The highest BCUT2D eigenvalue weighted by molar-refractivity contribution is 5.92. The Morgan fingerprint density at radius 1 is 1.32 bits per heavy atom. The van der Waals surface area contributed by atoms with Gasteiger partial charge in [0.25, 0.3) is 0 Å². The van der Waals surface area contributed by atoms with E-state index in [1.807, 2.05) is 6.92 Å². The summed E-state index contributed by atoms with van der Waals surface area (Å²) in [5.74, 6) is -1.07. The number of anilines is 1. The van der Waals surface area contributed by atoms with Gasteiger partial charge in [-0.1, -0.05) is 12.1 Å². The fraction of sp³-hybridized carbons (Fsp3) is 0.385. The van der Waals surface area contributed by atoms with Gasteiger partial charge in [-0.05, 0) is 26.0 Å². The smallest absolute Gasteiger partial charge is 0.238 e. The van der Waals surface area contributed by atoms with Gasteiger partial charge in [0.05, 0.1) is 18.3 Å². The molecule has 0 spiro atoms. The SMILES string of the molecule is CCNC(=O)C(C)NCC(=O)Nc1ccccc1F. The molecule has 104 valence electrons. The van der Waals surface area contributed by atoms with Crippen LogP contribution in [-0.2, 0) is 9.59 Å². The van der Waals surface area contributed by atoms with Gasteiger partial charge >= 0.3 is 0 Å². The lowest BCUT2D eigenvalue weighted by Gasteiger charge is -2.13. The van der Waals surface area contributed by atoms with E-state index >= 15 is 0 Å². The molecule has 1 rings (SSSR count). The van der Waals surface area contributed by atoms with Gasteiger partial charge < -0.3 is 10.6 Å². The molecule has 1 aromatic rings. The first kappa shape index (κ1) is 15.1. The predicted octanol–water partition coefficient (Wildman–Crippen LogP) is 0.878. The summed E-state index contributed by atoms with van der Waals surface area (Å²) in [7, 11) is 0. The third-order valence-electron chi connectivity index (χ3n) is 2.46. The van der Waals surface area contributed by atoms with Crippen molar-refractivity contribution in [1.82, 2.24) is 10.6 Å². The molecule has 0 fully saturated rings. The first-order valence-electron chi connectivity index (χ1n) is 6.10. The number of likely N-dealkylation sites (N-methyl/N-ethyl adjacent to an activating group) is 1. The second kappa shape index (κ2) is 7.48. The van der Waals surface area contributed by atoms with Gasteiger partial charge in [0.2, 0.25) is 11.8 Å². The van der Waals surface area contributed by atoms with E-state index in [4.69, 9.17) is 0 Å². The quantitative estimate of drug-likeness (QED) is 0.716. The fourth-order valence-electron chi connectivity index (χ4n) is 1.42. The van der Waals surface area contributed by atoms with Crippen LogP contribution in [0.5, 0.6) is 0 Å². The molecule has 0 radical (unpaired) electrons. The molecule has 1 atom stereocenters. The Hall–Kier alpha value is -1.95. The number of hydrogen-bond acceptors (Lipinski definition) is 3. The number of para-hydroxylation sites is 1. The fourth-order valence-corrected chi connectivity index (χ4v) is 1.42. The van der Waals surface area contributed by atoms with Gasteiger partial charge in [-0.2, -0.15) is 0 Å². The summed E-state index contributed by atoms with van der Waals surface area (Å²) < 4.78 is 13.3. The Morgan fingerprint density at radius 3 is 2.63 bits per heavy atom. The van der Waals surface area contributed by atoms with Crippen molar-refractivity contribution in [3.63, 3.8) is 0 Å². The summed E-state index contributed by atoms with van der Waals surface area (Å²) in [5, 5.41) is 7.82. The zero-order valence-corrected chi connectivity index (χ0v) is 11.0. The molecule has 6 heteroatoms. The van der Waals surface area contributed by atoms with Crippen molar-refractivity contribution in [3.8, 4) is 0 Å². The molecule has 0 bridgehead atoms. The summed E-state index contributed by atoms with van der Waals surface area (Å²) in [6, 6.07) is 5.43. The van der Waals surface area contributed by atoms with Crippen LogP contribution >= 0.6 is 0 Å². The van der Waals surface area contributed by atoms with Crippen LogP contribution in [0.4, 0.5) is 10.1 Å². The van der Waals surface area contributed by atoms with E-state index in [0.717, 1.165) is 0 Å². The van der Waals surface area contributed by atoms with Gasteiger partial charge in [0.1, 0.15) is 5.82 Å². The molecule has 0 aliphatic carbocycles. The Labute approximate surface area is 111 Å². The second-order valence-corrected chi connectivity index (χ2v) is 4.03. The van der Waals surface area contributed by atoms with Gasteiger partial charge in [0, 0.05) is 6.54 Å². The standard InChI is InChI=1S/C13H18FN3O2/c1-3-15-13(19)9(2)16-8-12(18)17-11-7-5-4-6-10(11)14/h4-7,9,16H,3,8H2,1-2H3,(H,15,19)(H,17,18). The average Bonchev–Trinajstić information content (AvgIpc) is 2.39. The highest BCUT2D eigenvalue weighted by Gasteiger charge is 2.13. The Bertz CT molecular complexity index is 451. The largest absolute Gasteiger partial charge is 0.355 e. The van der Waals surface area contributed by atoms with E-state index in [0.29, 0.717) is 6.54 Å². The maximum atomic E-state index is 13.3. The number of rotatable bonds is 6. The van der Waals surface area contributed by atoms with Gasteiger partial charge in [-0.25, -0.2) is 4.39 Å². The number of halogens is 1. The molecular formula is C13H18FN3O2. The third kappa shape index (κ3) is 5.05. The minimum absolute atomic E-state index is 0.0629. The molecular weight excluding hydrogens is 249 g/mol. The van der Waals surface area contributed by atoms with Crippen molar-refractivity contribution >= 4 is 17.5 Å². The van der Waals surface area contributed by atoms with Crippen LogP contribution in [0, 0.1) is 5.82 Å². The first-order chi connectivity index (χ1) is 9.04. The lowest BCUT2D eigenvalue weighted by atomic mass is 10.3. The van der Waals surface area contributed by atoms with E-state index < -0.39 is 17.8 Å². The van der Waals surface area contributed by atoms with Crippen LogP contribution in [0.25, 0.3) is 0 Å². The van der Waals surface area contributed by atoms with Crippen LogP contribution in [0.15, 0.2) is 24.3 Å². The monoisotopic (exact) mass is 267 g/mol.